The fraction of sp³-hybridized carbons (Fsp3) is 0.220. The quantitative estimate of drug-likeness (QED) is 0.141. The first-order chi connectivity index (χ1) is 21.7. The van der Waals surface area contributed by atoms with Crippen LogP contribution in [0.5, 0.6) is 0 Å². The topological polar surface area (TPSA) is 29.9 Å². The van der Waals surface area contributed by atoms with Crippen LogP contribution in [0.3, 0.4) is 0 Å². The van der Waals surface area contributed by atoms with Crippen molar-refractivity contribution >= 4 is 27.8 Å². The number of nitrogens with zero attached hydrogens (tertiary/aromatic N) is 3. The fourth-order valence-corrected chi connectivity index (χ4v) is 7.91. The van der Waals surface area contributed by atoms with Crippen molar-refractivity contribution in [1.82, 2.24) is 4.98 Å². The van der Waals surface area contributed by atoms with Crippen LogP contribution in [-0.4, -0.2) is 23.6 Å². The van der Waals surface area contributed by atoms with Gasteiger partial charge in [-0.05, 0) is 79.9 Å². The average Bonchev–Trinajstić information content (AvgIpc) is 3.41. The first kappa shape index (κ1) is 27.7. The molecule has 2 atom stereocenters. The smallest absolute Gasteiger partial charge is 0.227 e. The molecule has 0 radical (unpaired) electrons. The van der Waals surface area contributed by atoms with Gasteiger partial charge in [0.15, 0.2) is 17.8 Å². The number of fused-ring (bicyclic) bond motifs is 11. The van der Waals surface area contributed by atoms with Gasteiger partial charge in [0.1, 0.15) is 11.4 Å². The van der Waals surface area contributed by atoms with E-state index in [1.54, 1.807) is 0 Å². The third-order valence-electron chi connectivity index (χ3n) is 10.6. The van der Waals surface area contributed by atoms with E-state index in [1.165, 1.54) is 39.1 Å². The van der Waals surface area contributed by atoms with Crippen molar-refractivity contribution in [2.24, 2.45) is 0 Å². The minimum absolute atomic E-state index is 0.306. The van der Waals surface area contributed by atoms with Gasteiger partial charge in [0.2, 0.25) is 11.4 Å². The Labute approximate surface area is 265 Å². The van der Waals surface area contributed by atoms with Crippen LogP contribution >= 0.6 is 0 Å². The van der Waals surface area contributed by atoms with E-state index in [2.05, 4.69) is 124 Å². The predicted molar refractivity (Wildman–Crippen MR) is 183 cm³/mol. The molecule has 2 aliphatic rings. The van der Waals surface area contributed by atoms with Gasteiger partial charge in [-0.1, -0.05) is 48.5 Å². The Morgan fingerprint density at radius 3 is 2.40 bits per heavy atom. The van der Waals surface area contributed by atoms with Gasteiger partial charge in [-0.25, -0.2) is 4.98 Å². The molecule has 8 rings (SSSR count). The standard InChI is InChI=1S/C41H39N3O/c1-25-12-11-13-26(2)38(25)35-21-20-33-32-19-17-29-18-22-37-34(30-14-7-8-15-31(30)36-16-9-10-23-43(36)37)24-27(3)44(5,6)28(4)39(29)40(32)45-41(33)42-35/h7-17,19-21,23,34,37H,3-4,18,22,24H2,1-2,5-6H3/q+2. The summed E-state index contributed by atoms with van der Waals surface area (Å²) in [6, 6.07) is 31.0. The zero-order valence-electron chi connectivity index (χ0n) is 26.6. The maximum absolute atomic E-state index is 6.75. The van der Waals surface area contributed by atoms with Crippen molar-refractivity contribution in [2.45, 2.75) is 45.1 Å². The minimum Gasteiger partial charge on any atom is -0.437 e. The molecule has 4 heteroatoms. The van der Waals surface area contributed by atoms with Crippen LogP contribution in [0.4, 0.5) is 0 Å². The molecule has 0 N–H and O–H groups in total. The monoisotopic (exact) mass is 589 g/mol. The van der Waals surface area contributed by atoms with Crippen molar-refractivity contribution in [3.63, 3.8) is 0 Å². The summed E-state index contributed by atoms with van der Waals surface area (Å²) in [6.07, 6.45) is 5.06. The number of aromatic nitrogens is 2. The summed E-state index contributed by atoms with van der Waals surface area (Å²) in [6.45, 7) is 13.8. The van der Waals surface area contributed by atoms with E-state index in [-0.39, 0.29) is 0 Å². The molecule has 0 saturated heterocycles. The van der Waals surface area contributed by atoms with E-state index in [0.717, 1.165) is 58.3 Å². The summed E-state index contributed by atoms with van der Waals surface area (Å²) in [4.78, 5) is 5.08. The first-order valence-corrected chi connectivity index (χ1v) is 16.0. The van der Waals surface area contributed by atoms with Crippen LogP contribution in [0.25, 0.3) is 50.3 Å². The Balaban J connectivity index is 1.30. The molecule has 0 spiro atoms. The molecule has 2 aliphatic heterocycles. The molecule has 2 unspecified atom stereocenters. The molecule has 3 aromatic carbocycles. The van der Waals surface area contributed by atoms with Gasteiger partial charge in [0.25, 0.3) is 0 Å². The Hall–Kier alpha value is -4.80. The van der Waals surface area contributed by atoms with Crippen LogP contribution in [0.2, 0.25) is 0 Å². The van der Waals surface area contributed by atoms with E-state index in [1.807, 2.05) is 0 Å². The third kappa shape index (κ3) is 4.16. The van der Waals surface area contributed by atoms with E-state index in [9.17, 15) is 0 Å². The molecule has 6 aromatic rings. The minimum atomic E-state index is 0.306. The van der Waals surface area contributed by atoms with Gasteiger partial charge < -0.3 is 4.42 Å². The Kier molecular flexibility index (Phi) is 6.23. The normalized spacial score (nSPS) is 19.1. The number of furan rings is 1. The number of allylic oxidation sites excluding steroid dienone is 1. The average molecular weight is 590 g/mol. The number of benzene rings is 3. The molecular formula is C41H39N3O+2. The molecule has 3 aromatic heterocycles. The lowest BCUT2D eigenvalue weighted by Crippen LogP contribution is -2.48. The van der Waals surface area contributed by atoms with Crippen LogP contribution in [0.15, 0.2) is 114 Å². The summed E-state index contributed by atoms with van der Waals surface area (Å²) in [5, 5.41) is 2.11. The van der Waals surface area contributed by atoms with Crippen LogP contribution in [-0.2, 0) is 6.42 Å². The van der Waals surface area contributed by atoms with Gasteiger partial charge >= 0.3 is 0 Å². The molecular weight excluding hydrogens is 550 g/mol. The molecule has 5 heterocycles. The van der Waals surface area contributed by atoms with E-state index < -0.39 is 0 Å². The highest BCUT2D eigenvalue weighted by Gasteiger charge is 2.43. The second-order valence-electron chi connectivity index (χ2n) is 13.4. The zero-order chi connectivity index (χ0) is 31.0. The summed E-state index contributed by atoms with van der Waals surface area (Å²) in [7, 11) is 4.44. The first-order valence-electron chi connectivity index (χ1n) is 16.0. The number of quaternary nitrogens is 1. The molecule has 4 nitrogen and oxygen atoms in total. The predicted octanol–water partition coefficient (Wildman–Crippen LogP) is 9.45. The van der Waals surface area contributed by atoms with Crippen molar-refractivity contribution in [2.75, 3.05) is 14.1 Å². The number of aryl methyl sites for hydroxylation is 3. The van der Waals surface area contributed by atoms with Crippen molar-refractivity contribution < 1.29 is 13.5 Å². The van der Waals surface area contributed by atoms with Gasteiger partial charge in [0.05, 0.1) is 31.3 Å². The lowest BCUT2D eigenvalue weighted by molar-refractivity contribution is -0.779. The van der Waals surface area contributed by atoms with Gasteiger partial charge in [-0.15, -0.1) is 0 Å². The highest BCUT2D eigenvalue weighted by Crippen LogP contribution is 2.47. The largest absolute Gasteiger partial charge is 0.437 e. The lowest BCUT2D eigenvalue weighted by atomic mass is 9.77. The molecule has 0 aliphatic carbocycles. The number of hydrogen-bond donors (Lipinski definition) is 0. The second-order valence-corrected chi connectivity index (χ2v) is 13.4. The molecule has 45 heavy (non-hydrogen) atoms. The maximum Gasteiger partial charge on any atom is 0.227 e. The van der Waals surface area contributed by atoms with Crippen molar-refractivity contribution in [1.29, 1.82) is 0 Å². The van der Waals surface area contributed by atoms with E-state index in [4.69, 9.17) is 22.6 Å². The molecule has 0 fully saturated rings. The Morgan fingerprint density at radius 1 is 0.822 bits per heavy atom. The van der Waals surface area contributed by atoms with E-state index >= 15 is 0 Å². The van der Waals surface area contributed by atoms with Crippen molar-refractivity contribution in [3.8, 4) is 22.5 Å². The Morgan fingerprint density at radius 2 is 1.58 bits per heavy atom. The maximum atomic E-state index is 6.75. The van der Waals surface area contributed by atoms with Crippen LogP contribution in [0.1, 0.15) is 52.6 Å². The summed E-state index contributed by atoms with van der Waals surface area (Å²) in [5.74, 6) is 0.322. The fourth-order valence-electron chi connectivity index (χ4n) is 7.91. The SMILES string of the molecule is C=C1CC2c3ccccc3-c3cccc[n+]3C2CCc2ccc3c(oc4nc(-c5c(C)cccc5C)ccc43)c2C(=C)[N+]1(C)C. The highest BCUT2D eigenvalue weighted by molar-refractivity contribution is 6.07. The number of hydrogen-bond acceptors (Lipinski definition) is 2. The number of rotatable bonds is 1. The van der Waals surface area contributed by atoms with Crippen molar-refractivity contribution in [3.05, 3.63) is 138 Å². The molecule has 0 saturated carbocycles. The lowest BCUT2D eigenvalue weighted by Gasteiger charge is -2.38. The van der Waals surface area contributed by atoms with Gasteiger partial charge in [-0.3, -0.25) is 4.48 Å². The van der Waals surface area contributed by atoms with Crippen LogP contribution in [0, 0.1) is 13.8 Å². The van der Waals surface area contributed by atoms with Gasteiger partial charge in [0, 0.05) is 46.9 Å². The zero-order valence-corrected chi connectivity index (χ0v) is 26.6. The number of pyridine rings is 2. The third-order valence-corrected chi connectivity index (χ3v) is 10.6. The molecule has 0 bridgehead atoms. The molecule has 222 valence electrons. The second kappa shape index (κ2) is 10.1. The summed E-state index contributed by atoms with van der Waals surface area (Å²) >= 11 is 0. The Bertz CT molecular complexity index is 2180. The summed E-state index contributed by atoms with van der Waals surface area (Å²) < 4.78 is 9.76. The molecule has 0 amide bonds. The van der Waals surface area contributed by atoms with Crippen LogP contribution < -0.4 is 4.57 Å². The van der Waals surface area contributed by atoms with Gasteiger partial charge in [-0.2, -0.15) is 4.57 Å². The highest BCUT2D eigenvalue weighted by atomic mass is 16.3. The van der Waals surface area contributed by atoms with E-state index in [0.29, 0.717) is 22.2 Å². The summed E-state index contributed by atoms with van der Waals surface area (Å²) in [5.41, 5.74) is 14.6.